The molecule has 240 valence electrons. The smallest absolute Gasteiger partial charge is 0.303 e. The predicted octanol–water partition coefficient (Wildman–Crippen LogP) is 2.21. The Hall–Kier alpha value is -3.62. The van der Waals surface area contributed by atoms with Crippen LogP contribution in [0.3, 0.4) is 0 Å². The lowest BCUT2D eigenvalue weighted by Crippen LogP contribution is -2.61. The van der Waals surface area contributed by atoms with Crippen LogP contribution in [-0.2, 0) is 52.3 Å². The van der Waals surface area contributed by atoms with Crippen LogP contribution in [0.15, 0.2) is 18.2 Å². The molecular formula is C29H40O14. The summed E-state index contributed by atoms with van der Waals surface area (Å²) in [6.45, 7) is 9.97. The number of para-hydroxylation sites is 1. The van der Waals surface area contributed by atoms with E-state index in [2.05, 4.69) is 0 Å². The number of hydrogen-bond acceptors (Lipinski definition) is 14. The SMILES string of the molecule is CC(=O)OC[C@H]1O[C@H](O[C@H]2[C@H](C)[C@@H](OC(C)=O)[C@H](Oc3cccc(O)c3O)O[C@@H]2COC(C)=O)[C@H](OC(C)=O)[C@@H](C)[C@@H]1C. The van der Waals surface area contributed by atoms with Gasteiger partial charge in [0.05, 0.1) is 12.2 Å². The van der Waals surface area contributed by atoms with Crippen LogP contribution in [0.5, 0.6) is 17.2 Å². The minimum Gasteiger partial charge on any atom is -0.504 e. The van der Waals surface area contributed by atoms with Crippen molar-refractivity contribution in [1.82, 2.24) is 0 Å². The van der Waals surface area contributed by atoms with Gasteiger partial charge < -0.3 is 48.1 Å². The van der Waals surface area contributed by atoms with Crippen molar-refractivity contribution < 1.29 is 67.3 Å². The molecule has 0 saturated carbocycles. The molecule has 2 aliphatic rings. The van der Waals surface area contributed by atoms with Crippen LogP contribution in [0.2, 0.25) is 0 Å². The van der Waals surface area contributed by atoms with Crippen molar-refractivity contribution >= 4 is 23.9 Å². The van der Waals surface area contributed by atoms with Crippen molar-refractivity contribution in [2.45, 2.75) is 91.6 Å². The van der Waals surface area contributed by atoms with Crippen LogP contribution < -0.4 is 4.74 Å². The van der Waals surface area contributed by atoms with Gasteiger partial charge in [0, 0.05) is 39.5 Å². The fourth-order valence-corrected chi connectivity index (χ4v) is 5.09. The number of phenols is 2. The van der Waals surface area contributed by atoms with Crippen molar-refractivity contribution in [2.24, 2.45) is 17.8 Å². The second-order valence-electron chi connectivity index (χ2n) is 10.8. The first kappa shape index (κ1) is 33.9. The maximum Gasteiger partial charge on any atom is 0.303 e. The monoisotopic (exact) mass is 612 g/mol. The molecule has 0 bridgehead atoms. The van der Waals surface area contributed by atoms with E-state index in [1.165, 1.54) is 45.9 Å². The van der Waals surface area contributed by atoms with Gasteiger partial charge in [0.1, 0.15) is 19.3 Å². The Bertz CT molecular complexity index is 1150. The van der Waals surface area contributed by atoms with E-state index in [1.807, 2.05) is 13.8 Å². The normalized spacial score (nSPS) is 32.3. The third-order valence-corrected chi connectivity index (χ3v) is 7.51. The van der Waals surface area contributed by atoms with E-state index in [9.17, 15) is 29.4 Å². The summed E-state index contributed by atoms with van der Waals surface area (Å²) in [5, 5.41) is 20.2. The topological polar surface area (TPSA) is 183 Å². The number of ether oxygens (including phenoxy) is 8. The van der Waals surface area contributed by atoms with Crippen LogP contribution in [0.4, 0.5) is 0 Å². The van der Waals surface area contributed by atoms with Gasteiger partial charge in [0.15, 0.2) is 30.0 Å². The average molecular weight is 613 g/mol. The van der Waals surface area contributed by atoms with Gasteiger partial charge in [0.25, 0.3) is 0 Å². The van der Waals surface area contributed by atoms with Crippen LogP contribution >= 0.6 is 0 Å². The summed E-state index contributed by atoms with van der Waals surface area (Å²) in [6.07, 6.45) is -7.15. The maximum absolute atomic E-state index is 12.1. The van der Waals surface area contributed by atoms with E-state index in [1.54, 1.807) is 6.92 Å². The molecule has 14 heteroatoms. The molecule has 2 fully saturated rings. The van der Waals surface area contributed by atoms with E-state index < -0.39 is 84.4 Å². The molecular weight excluding hydrogens is 572 g/mol. The third-order valence-electron chi connectivity index (χ3n) is 7.51. The van der Waals surface area contributed by atoms with Crippen molar-refractivity contribution in [3.63, 3.8) is 0 Å². The summed E-state index contributed by atoms with van der Waals surface area (Å²) in [5.74, 6) is -4.71. The number of phenolic OH excluding ortho intramolecular Hbond substituents is 2. The standard InChI is InChI=1S/C29H40O14/c1-13-14(2)26(38-18(6)32)29(41-22(13)11-36-16(4)30)43-25-15(3)27(39-19(7)33)28(42-23(25)12-37-17(5)31)40-21-10-8-9-20(34)24(21)35/h8-10,13-15,22-23,25-29,34-35H,11-12H2,1-7H3/t13-,14-,15-,22+,23+,25-,26+,27+,28+,29+/m0/s1. The molecule has 2 saturated heterocycles. The molecule has 0 aromatic heterocycles. The largest absolute Gasteiger partial charge is 0.504 e. The van der Waals surface area contributed by atoms with Gasteiger partial charge in [-0.2, -0.15) is 0 Å². The highest BCUT2D eigenvalue weighted by Gasteiger charge is 2.52. The number of esters is 4. The Kier molecular flexibility index (Phi) is 11.6. The maximum atomic E-state index is 12.1. The Balaban J connectivity index is 1.97. The molecule has 0 spiro atoms. The van der Waals surface area contributed by atoms with Gasteiger partial charge in [-0.3, -0.25) is 19.2 Å². The number of hydrogen-bond donors (Lipinski definition) is 2. The highest BCUT2D eigenvalue weighted by molar-refractivity contribution is 5.67. The zero-order valence-electron chi connectivity index (χ0n) is 25.2. The van der Waals surface area contributed by atoms with Crippen LogP contribution in [0.25, 0.3) is 0 Å². The number of carbonyl (C=O) groups excluding carboxylic acids is 4. The van der Waals surface area contributed by atoms with Gasteiger partial charge in [-0.15, -0.1) is 0 Å². The first-order chi connectivity index (χ1) is 20.2. The number of carbonyl (C=O) groups is 4. The quantitative estimate of drug-likeness (QED) is 0.223. The fourth-order valence-electron chi connectivity index (χ4n) is 5.09. The summed E-state index contributed by atoms with van der Waals surface area (Å²) < 4.78 is 46.2. The second-order valence-corrected chi connectivity index (χ2v) is 10.8. The third kappa shape index (κ3) is 8.71. The summed E-state index contributed by atoms with van der Waals surface area (Å²) in [6, 6.07) is 4.07. The number of aromatic hydroxyl groups is 2. The molecule has 0 unspecified atom stereocenters. The lowest BCUT2D eigenvalue weighted by Gasteiger charge is -2.48. The van der Waals surface area contributed by atoms with Gasteiger partial charge >= 0.3 is 23.9 Å². The van der Waals surface area contributed by atoms with Gasteiger partial charge in [-0.1, -0.05) is 26.8 Å². The molecule has 14 nitrogen and oxygen atoms in total. The Labute approximate surface area is 249 Å². The van der Waals surface area contributed by atoms with Gasteiger partial charge in [-0.05, 0) is 18.1 Å². The van der Waals surface area contributed by atoms with Crippen LogP contribution in [0.1, 0.15) is 48.5 Å². The Morgan fingerprint density at radius 2 is 1.23 bits per heavy atom. The first-order valence-electron chi connectivity index (χ1n) is 13.9. The van der Waals surface area contributed by atoms with Crippen LogP contribution in [-0.4, -0.2) is 90.4 Å². The molecule has 3 rings (SSSR count). The molecule has 2 N–H and O–H groups in total. The van der Waals surface area contributed by atoms with Gasteiger partial charge in [-0.25, -0.2) is 0 Å². The summed E-state index contributed by atoms with van der Waals surface area (Å²) >= 11 is 0. The molecule has 0 amide bonds. The molecule has 2 aliphatic heterocycles. The molecule has 43 heavy (non-hydrogen) atoms. The average Bonchev–Trinajstić information content (AvgIpc) is 2.91. The lowest BCUT2D eigenvalue weighted by molar-refractivity contribution is -0.336. The van der Waals surface area contributed by atoms with Crippen molar-refractivity contribution in [2.75, 3.05) is 13.2 Å². The molecule has 10 atom stereocenters. The second kappa shape index (κ2) is 14.7. The van der Waals surface area contributed by atoms with E-state index in [4.69, 9.17) is 37.9 Å². The molecule has 0 radical (unpaired) electrons. The van der Waals surface area contributed by atoms with Crippen molar-refractivity contribution in [3.05, 3.63) is 18.2 Å². The van der Waals surface area contributed by atoms with E-state index in [-0.39, 0.29) is 30.8 Å². The predicted molar refractivity (Wildman–Crippen MR) is 144 cm³/mol. The molecule has 1 aromatic carbocycles. The highest BCUT2D eigenvalue weighted by atomic mass is 16.8. The minimum absolute atomic E-state index is 0.0690. The van der Waals surface area contributed by atoms with Crippen molar-refractivity contribution in [3.8, 4) is 17.2 Å². The Morgan fingerprint density at radius 1 is 0.698 bits per heavy atom. The molecule has 0 aliphatic carbocycles. The van der Waals surface area contributed by atoms with E-state index in [0.29, 0.717) is 0 Å². The molecule has 1 aromatic rings. The summed E-state index contributed by atoms with van der Waals surface area (Å²) in [5.41, 5.74) is 0. The molecule has 2 heterocycles. The Morgan fingerprint density at radius 3 is 1.79 bits per heavy atom. The zero-order chi connectivity index (χ0) is 32.0. The summed E-state index contributed by atoms with van der Waals surface area (Å²) in [7, 11) is 0. The zero-order valence-corrected chi connectivity index (χ0v) is 25.2. The van der Waals surface area contributed by atoms with Crippen molar-refractivity contribution in [1.29, 1.82) is 0 Å². The van der Waals surface area contributed by atoms with E-state index in [0.717, 1.165) is 0 Å². The van der Waals surface area contributed by atoms with Crippen LogP contribution in [0, 0.1) is 17.8 Å². The minimum atomic E-state index is -1.33. The summed E-state index contributed by atoms with van der Waals surface area (Å²) in [4.78, 5) is 47.4. The lowest BCUT2D eigenvalue weighted by atomic mass is 9.83. The van der Waals surface area contributed by atoms with Gasteiger partial charge in [0.2, 0.25) is 12.0 Å². The fraction of sp³-hybridized carbons (Fsp3) is 0.655. The number of benzene rings is 1. The van der Waals surface area contributed by atoms with E-state index >= 15 is 0 Å². The first-order valence-corrected chi connectivity index (χ1v) is 13.9. The highest BCUT2D eigenvalue weighted by Crippen LogP contribution is 2.40. The number of rotatable bonds is 10.